The zero-order valence-corrected chi connectivity index (χ0v) is 13.8. The second-order valence-electron chi connectivity index (χ2n) is 5.80. The molecule has 1 saturated heterocycles. The maximum atomic E-state index is 13.6. The van der Waals surface area contributed by atoms with Crippen molar-refractivity contribution in [1.82, 2.24) is 10.2 Å². The Labute approximate surface area is 136 Å². The van der Waals surface area contributed by atoms with Crippen LogP contribution in [0.5, 0.6) is 0 Å². The first-order chi connectivity index (χ1) is 11.1. The molecule has 23 heavy (non-hydrogen) atoms. The van der Waals surface area contributed by atoms with Crippen LogP contribution in [0.3, 0.4) is 0 Å². The van der Waals surface area contributed by atoms with E-state index >= 15 is 0 Å². The molecule has 128 valence electrons. The van der Waals surface area contributed by atoms with E-state index in [4.69, 9.17) is 4.74 Å². The van der Waals surface area contributed by atoms with Gasteiger partial charge in [0.05, 0.1) is 6.61 Å². The van der Waals surface area contributed by atoms with Gasteiger partial charge in [-0.15, -0.1) is 0 Å². The minimum absolute atomic E-state index is 0.0962. The third-order valence-corrected chi connectivity index (χ3v) is 3.94. The standard InChI is InChI=1S/C17H25F2N3O/c1-3-20-17(22(2)11-13-8-10-23-12-13)21-9-7-14-15(18)5-4-6-16(14)19/h4-6,13H,3,7-12H2,1-2H3,(H,20,21). The van der Waals surface area contributed by atoms with Gasteiger partial charge in [0.15, 0.2) is 5.96 Å². The van der Waals surface area contributed by atoms with Crippen molar-refractivity contribution < 1.29 is 13.5 Å². The number of aliphatic imine (C=N–C) groups is 1. The molecule has 4 nitrogen and oxygen atoms in total. The van der Waals surface area contributed by atoms with E-state index in [2.05, 4.69) is 15.2 Å². The van der Waals surface area contributed by atoms with Gasteiger partial charge in [-0.3, -0.25) is 4.99 Å². The van der Waals surface area contributed by atoms with Crippen molar-refractivity contribution in [3.8, 4) is 0 Å². The number of nitrogens with one attached hydrogen (secondary N) is 1. The van der Waals surface area contributed by atoms with Gasteiger partial charge >= 0.3 is 0 Å². The van der Waals surface area contributed by atoms with Gasteiger partial charge in [-0.1, -0.05) is 6.07 Å². The lowest BCUT2D eigenvalue weighted by atomic mass is 10.1. The molecule has 0 aliphatic carbocycles. The average Bonchev–Trinajstić information content (AvgIpc) is 3.02. The number of benzene rings is 1. The van der Waals surface area contributed by atoms with Crippen LogP contribution in [-0.2, 0) is 11.2 Å². The molecule has 1 atom stereocenters. The van der Waals surface area contributed by atoms with Crippen LogP contribution in [0.2, 0.25) is 0 Å². The normalized spacial score (nSPS) is 18.3. The Hall–Kier alpha value is -1.69. The van der Waals surface area contributed by atoms with E-state index in [1.54, 1.807) is 0 Å². The smallest absolute Gasteiger partial charge is 0.193 e. The van der Waals surface area contributed by atoms with Crippen molar-refractivity contribution in [2.45, 2.75) is 19.8 Å². The summed E-state index contributed by atoms with van der Waals surface area (Å²) in [7, 11) is 1.98. The Bertz CT molecular complexity index is 510. The van der Waals surface area contributed by atoms with Crippen LogP contribution >= 0.6 is 0 Å². The maximum absolute atomic E-state index is 13.6. The highest BCUT2D eigenvalue weighted by Crippen LogP contribution is 2.14. The lowest BCUT2D eigenvalue weighted by molar-refractivity contribution is 0.181. The third-order valence-electron chi connectivity index (χ3n) is 3.94. The van der Waals surface area contributed by atoms with E-state index in [0.717, 1.165) is 38.7 Å². The molecule has 1 N–H and O–H groups in total. The summed E-state index contributed by atoms with van der Waals surface area (Å²) < 4.78 is 32.6. The highest BCUT2D eigenvalue weighted by Gasteiger charge is 2.19. The van der Waals surface area contributed by atoms with Gasteiger partial charge in [-0.2, -0.15) is 0 Å². The van der Waals surface area contributed by atoms with Crippen molar-refractivity contribution in [2.24, 2.45) is 10.9 Å². The van der Waals surface area contributed by atoms with Crippen LogP contribution < -0.4 is 5.32 Å². The molecular weight excluding hydrogens is 300 g/mol. The van der Waals surface area contributed by atoms with Crippen molar-refractivity contribution in [2.75, 3.05) is 39.9 Å². The summed E-state index contributed by atoms with van der Waals surface area (Å²) in [5.74, 6) is 0.243. The van der Waals surface area contributed by atoms with Crippen LogP contribution in [0, 0.1) is 17.6 Å². The molecule has 0 saturated carbocycles. The zero-order valence-electron chi connectivity index (χ0n) is 13.8. The van der Waals surface area contributed by atoms with Crippen LogP contribution in [0.25, 0.3) is 0 Å². The van der Waals surface area contributed by atoms with Gasteiger partial charge in [0.2, 0.25) is 0 Å². The van der Waals surface area contributed by atoms with E-state index in [-0.39, 0.29) is 12.0 Å². The minimum Gasteiger partial charge on any atom is -0.381 e. The third kappa shape index (κ3) is 5.16. The molecule has 0 radical (unpaired) electrons. The fraction of sp³-hybridized carbons (Fsp3) is 0.588. The van der Waals surface area contributed by atoms with Gasteiger partial charge in [-0.05, 0) is 31.9 Å². The van der Waals surface area contributed by atoms with Crippen LogP contribution in [0.1, 0.15) is 18.9 Å². The summed E-state index contributed by atoms with van der Waals surface area (Å²) in [6.07, 6.45) is 1.30. The molecule has 0 amide bonds. The largest absolute Gasteiger partial charge is 0.381 e. The number of rotatable bonds is 6. The molecule has 1 fully saturated rings. The molecule has 6 heteroatoms. The second kappa shape index (κ2) is 8.82. The average molecular weight is 325 g/mol. The maximum Gasteiger partial charge on any atom is 0.193 e. The van der Waals surface area contributed by atoms with Crippen LogP contribution in [-0.4, -0.2) is 50.8 Å². The molecular formula is C17H25F2N3O. The van der Waals surface area contributed by atoms with E-state index in [0.29, 0.717) is 12.5 Å². The summed E-state index contributed by atoms with van der Waals surface area (Å²) in [5.41, 5.74) is 0.0962. The van der Waals surface area contributed by atoms with Gasteiger partial charge in [0.25, 0.3) is 0 Å². The van der Waals surface area contributed by atoms with Crippen molar-refractivity contribution >= 4 is 5.96 Å². The van der Waals surface area contributed by atoms with Crippen molar-refractivity contribution in [1.29, 1.82) is 0 Å². The fourth-order valence-corrected chi connectivity index (χ4v) is 2.72. The number of hydrogen-bond acceptors (Lipinski definition) is 2. The Balaban J connectivity index is 1.94. The first kappa shape index (κ1) is 17.7. The monoisotopic (exact) mass is 325 g/mol. The Kier molecular flexibility index (Phi) is 6.77. The molecule has 1 aromatic carbocycles. The lowest BCUT2D eigenvalue weighted by Gasteiger charge is -2.24. The Morgan fingerprint density at radius 3 is 2.74 bits per heavy atom. The number of hydrogen-bond donors (Lipinski definition) is 1. The van der Waals surface area contributed by atoms with E-state index in [1.807, 2.05) is 14.0 Å². The molecule has 1 aliphatic rings. The lowest BCUT2D eigenvalue weighted by Crippen LogP contribution is -2.41. The van der Waals surface area contributed by atoms with Gasteiger partial charge in [0.1, 0.15) is 11.6 Å². The SMILES string of the molecule is CCNC(=NCCc1c(F)cccc1F)N(C)CC1CCOC1. The van der Waals surface area contributed by atoms with Crippen molar-refractivity contribution in [3.05, 3.63) is 35.4 Å². The first-order valence-electron chi connectivity index (χ1n) is 8.12. The summed E-state index contributed by atoms with van der Waals surface area (Å²) in [5, 5.41) is 3.22. The molecule has 1 unspecified atom stereocenters. The number of ether oxygens (including phenoxy) is 1. The van der Waals surface area contributed by atoms with Crippen LogP contribution in [0.15, 0.2) is 23.2 Å². The fourth-order valence-electron chi connectivity index (χ4n) is 2.72. The summed E-state index contributed by atoms with van der Waals surface area (Å²) in [4.78, 5) is 6.55. The summed E-state index contributed by atoms with van der Waals surface area (Å²) in [6, 6.07) is 3.93. The predicted octanol–water partition coefficient (Wildman–Crippen LogP) is 2.44. The Morgan fingerprint density at radius 2 is 2.13 bits per heavy atom. The van der Waals surface area contributed by atoms with Crippen molar-refractivity contribution in [3.63, 3.8) is 0 Å². The summed E-state index contributed by atoms with van der Waals surface area (Å²) in [6.45, 7) is 5.55. The predicted molar refractivity (Wildman–Crippen MR) is 87.6 cm³/mol. The summed E-state index contributed by atoms with van der Waals surface area (Å²) >= 11 is 0. The van der Waals surface area contributed by atoms with Gasteiger partial charge < -0.3 is 15.0 Å². The molecule has 1 aromatic rings. The molecule has 0 aromatic heterocycles. The van der Waals surface area contributed by atoms with Gasteiger partial charge in [-0.25, -0.2) is 8.78 Å². The van der Waals surface area contributed by atoms with E-state index in [1.165, 1.54) is 18.2 Å². The highest BCUT2D eigenvalue weighted by atomic mass is 19.1. The topological polar surface area (TPSA) is 36.9 Å². The number of nitrogens with zero attached hydrogens (tertiary/aromatic N) is 2. The zero-order chi connectivity index (χ0) is 16.7. The molecule has 0 spiro atoms. The second-order valence-corrected chi connectivity index (χ2v) is 5.80. The first-order valence-corrected chi connectivity index (χ1v) is 8.12. The van der Waals surface area contributed by atoms with Crippen LogP contribution in [0.4, 0.5) is 8.78 Å². The van der Waals surface area contributed by atoms with Gasteiger partial charge in [0, 0.05) is 44.8 Å². The molecule has 0 bridgehead atoms. The Morgan fingerprint density at radius 1 is 1.39 bits per heavy atom. The quantitative estimate of drug-likeness (QED) is 0.645. The molecule has 2 rings (SSSR count). The number of halogens is 2. The van der Waals surface area contributed by atoms with E-state index < -0.39 is 11.6 Å². The highest BCUT2D eigenvalue weighted by molar-refractivity contribution is 5.79. The number of guanidine groups is 1. The minimum atomic E-state index is -0.512. The van der Waals surface area contributed by atoms with E-state index in [9.17, 15) is 8.78 Å². The molecule has 1 aliphatic heterocycles. The molecule has 1 heterocycles.